The number of unbranched alkanes of at least 4 members (excludes halogenated alkanes) is 2. The number of nitrogens with zero attached hydrogens (tertiary/aromatic N) is 3. The number of hydrogen-bond donors (Lipinski definition) is 3. The number of allylic oxidation sites excluding steroid dienone is 1. The van der Waals surface area contributed by atoms with Crippen molar-refractivity contribution < 1.29 is 44.1 Å². The lowest BCUT2D eigenvalue weighted by Gasteiger charge is -2.59. The summed E-state index contributed by atoms with van der Waals surface area (Å²) in [5, 5.41) is 49.1. The first kappa shape index (κ1) is 45.0. The van der Waals surface area contributed by atoms with Crippen molar-refractivity contribution in [2.24, 2.45) is 22.9 Å². The van der Waals surface area contributed by atoms with Gasteiger partial charge in [-0.25, -0.2) is 4.79 Å². The molecule has 7 rings (SSSR count). The fourth-order valence-corrected chi connectivity index (χ4v) is 9.78. The summed E-state index contributed by atoms with van der Waals surface area (Å²) in [6.07, 6.45) is 9.82. The zero-order chi connectivity index (χ0) is 44.3. The highest BCUT2D eigenvalue weighted by Crippen LogP contribution is 2.62. The van der Waals surface area contributed by atoms with Crippen molar-refractivity contribution in [3.63, 3.8) is 0 Å². The number of fused-ring (bicyclic) bond motifs is 3. The summed E-state index contributed by atoms with van der Waals surface area (Å²) < 4.78 is 20.4. The number of aliphatic hydroxyl groups is 2. The lowest BCUT2D eigenvalue weighted by atomic mass is 9.55. The van der Waals surface area contributed by atoms with Gasteiger partial charge in [-0.1, -0.05) is 78.7 Å². The number of ether oxygens (including phenoxy) is 3. The number of aliphatic hydroxyl groups excluding tert-OH is 2. The van der Waals surface area contributed by atoms with Crippen molar-refractivity contribution in [1.82, 2.24) is 4.90 Å². The SMILES string of the molecule is C=CCCOC(=O)N(Cc1cccc2ccccc12)C1CC(=NOCc2ccc([N+](=O)[O-])cc2)C2=CC(CCCCO)C(CCCCO)C3c4cc(O)ccc4OC1(OCC=C)C23. The molecular weight excluding hydrogens is 803 g/mol. The Kier molecular flexibility index (Phi) is 14.9. The Morgan fingerprint density at radius 2 is 1.73 bits per heavy atom. The van der Waals surface area contributed by atoms with Gasteiger partial charge in [0.25, 0.3) is 5.69 Å². The molecule has 0 aromatic heterocycles. The van der Waals surface area contributed by atoms with Gasteiger partial charge in [0.2, 0.25) is 5.79 Å². The Hall–Kier alpha value is -6.02. The summed E-state index contributed by atoms with van der Waals surface area (Å²) in [7, 11) is 0. The number of amides is 1. The van der Waals surface area contributed by atoms with Gasteiger partial charge in [-0.3, -0.25) is 15.0 Å². The molecule has 2 aliphatic carbocycles. The third kappa shape index (κ3) is 9.81. The topological polar surface area (TPSA) is 173 Å². The molecule has 13 nitrogen and oxygen atoms in total. The number of non-ortho nitro benzene ring substituents is 1. The lowest BCUT2D eigenvalue weighted by Crippen LogP contribution is -2.70. The van der Waals surface area contributed by atoms with Crippen LogP contribution in [0, 0.1) is 27.9 Å². The number of phenols is 1. The number of phenolic OH excluding ortho intramolecular Hbond substituents is 1. The van der Waals surface area contributed by atoms with Crippen LogP contribution in [0.3, 0.4) is 0 Å². The molecule has 6 unspecified atom stereocenters. The Balaban J connectivity index is 1.44. The number of carbonyl (C=O) groups excluding carboxylic acids is 1. The second-order valence-corrected chi connectivity index (χ2v) is 16.5. The normalized spacial score (nSPS) is 22.9. The van der Waals surface area contributed by atoms with Gasteiger partial charge >= 0.3 is 6.09 Å². The van der Waals surface area contributed by atoms with Gasteiger partial charge in [-0.05, 0) is 102 Å². The van der Waals surface area contributed by atoms with E-state index in [0.29, 0.717) is 36.3 Å². The molecule has 4 aromatic carbocycles. The maximum atomic E-state index is 14.8. The second-order valence-electron chi connectivity index (χ2n) is 16.5. The molecule has 3 aliphatic rings. The van der Waals surface area contributed by atoms with Crippen LogP contribution in [0.1, 0.15) is 74.0 Å². The number of aromatic hydroxyl groups is 1. The second kappa shape index (κ2) is 20.9. The molecule has 0 bridgehead atoms. The number of benzene rings is 4. The number of nitro benzene ring substituents is 1. The molecule has 332 valence electrons. The maximum absolute atomic E-state index is 14.8. The average Bonchev–Trinajstić information content (AvgIpc) is 3.29. The lowest BCUT2D eigenvalue weighted by molar-refractivity contribution is -0.384. The number of carbonyl (C=O) groups is 1. The van der Waals surface area contributed by atoms with Gasteiger partial charge in [0.1, 0.15) is 24.1 Å². The number of oxime groups is 1. The summed E-state index contributed by atoms with van der Waals surface area (Å²) in [4.78, 5) is 33.6. The Morgan fingerprint density at radius 3 is 2.48 bits per heavy atom. The van der Waals surface area contributed by atoms with Crippen LogP contribution in [0.4, 0.5) is 10.5 Å². The molecule has 4 aromatic rings. The molecule has 63 heavy (non-hydrogen) atoms. The highest BCUT2D eigenvalue weighted by atomic mass is 16.7. The van der Waals surface area contributed by atoms with Gasteiger partial charge in [0.15, 0.2) is 0 Å². The van der Waals surface area contributed by atoms with Crippen LogP contribution in [0.2, 0.25) is 0 Å². The van der Waals surface area contributed by atoms with Crippen LogP contribution in [0.15, 0.2) is 127 Å². The highest BCUT2D eigenvalue weighted by molar-refractivity contribution is 6.03. The summed E-state index contributed by atoms with van der Waals surface area (Å²) >= 11 is 0. The molecule has 0 saturated heterocycles. The summed E-state index contributed by atoms with van der Waals surface area (Å²) in [5.74, 6) is -1.92. The van der Waals surface area contributed by atoms with Gasteiger partial charge in [0, 0.05) is 43.2 Å². The first-order valence-corrected chi connectivity index (χ1v) is 21.9. The van der Waals surface area contributed by atoms with Crippen LogP contribution in [-0.4, -0.2) is 75.2 Å². The van der Waals surface area contributed by atoms with Gasteiger partial charge in [-0.2, -0.15) is 0 Å². The predicted octanol–water partition coefficient (Wildman–Crippen LogP) is 9.50. The Bertz CT molecular complexity index is 2310. The molecule has 1 saturated carbocycles. The minimum absolute atomic E-state index is 0.0102. The van der Waals surface area contributed by atoms with E-state index in [1.54, 1.807) is 47.4 Å². The Morgan fingerprint density at radius 1 is 0.968 bits per heavy atom. The zero-order valence-corrected chi connectivity index (χ0v) is 35.6. The van der Waals surface area contributed by atoms with E-state index in [4.69, 9.17) is 24.2 Å². The van der Waals surface area contributed by atoms with E-state index in [-0.39, 0.29) is 75.2 Å². The first-order chi connectivity index (χ1) is 30.7. The van der Waals surface area contributed by atoms with E-state index in [1.807, 2.05) is 42.5 Å². The Labute approximate surface area is 368 Å². The fourth-order valence-electron chi connectivity index (χ4n) is 9.78. The van der Waals surface area contributed by atoms with E-state index >= 15 is 0 Å². The highest BCUT2D eigenvalue weighted by Gasteiger charge is 2.65. The van der Waals surface area contributed by atoms with Crippen molar-refractivity contribution in [3.8, 4) is 11.5 Å². The van der Waals surface area contributed by atoms with Crippen molar-refractivity contribution in [2.45, 2.75) is 82.3 Å². The first-order valence-electron chi connectivity index (χ1n) is 21.9. The third-order valence-corrected chi connectivity index (χ3v) is 12.6. The number of nitro groups is 1. The molecule has 1 fully saturated rings. The molecule has 6 atom stereocenters. The van der Waals surface area contributed by atoms with Crippen molar-refractivity contribution in [2.75, 3.05) is 26.4 Å². The third-order valence-electron chi connectivity index (χ3n) is 12.6. The summed E-state index contributed by atoms with van der Waals surface area (Å²) in [5.41, 5.74) is 3.72. The summed E-state index contributed by atoms with van der Waals surface area (Å²) in [6.45, 7) is 8.27. The molecular formula is C50H57N3O10. The van der Waals surface area contributed by atoms with Crippen molar-refractivity contribution >= 4 is 28.3 Å². The van der Waals surface area contributed by atoms with Gasteiger partial charge in [-0.15, -0.1) is 13.2 Å². The monoisotopic (exact) mass is 859 g/mol. The smallest absolute Gasteiger partial charge is 0.410 e. The van der Waals surface area contributed by atoms with E-state index in [1.165, 1.54) is 12.1 Å². The fraction of sp³-hybridized carbons (Fsp3) is 0.400. The van der Waals surface area contributed by atoms with E-state index in [9.17, 15) is 30.2 Å². The van der Waals surface area contributed by atoms with E-state index in [2.05, 4.69) is 19.2 Å². The molecule has 3 N–H and O–H groups in total. The molecule has 1 aliphatic heterocycles. The average molecular weight is 860 g/mol. The van der Waals surface area contributed by atoms with Crippen molar-refractivity contribution in [1.29, 1.82) is 0 Å². The largest absolute Gasteiger partial charge is 0.508 e. The van der Waals surface area contributed by atoms with E-state index < -0.39 is 28.8 Å². The van der Waals surface area contributed by atoms with Crippen LogP contribution >= 0.6 is 0 Å². The van der Waals surface area contributed by atoms with Crippen LogP contribution < -0.4 is 4.74 Å². The number of rotatable bonds is 21. The number of hydrogen-bond acceptors (Lipinski definition) is 11. The molecule has 0 spiro atoms. The quantitative estimate of drug-likeness (QED) is 0.0317. The zero-order valence-electron chi connectivity index (χ0n) is 35.6. The standard InChI is InChI=1S/C50H57N3O10/c1-3-5-28-60-49(57)52(32-37-16-12-15-35-13-6-7-17-40(35)37)46-31-44(51-62-33-34-19-21-38(22-20-34)53(58)59)42-29-36(14-8-10-25-54)41(18-9-11-26-55)47-43-30-39(56)23-24-45(43)63-50(46,48(42)47)61-27-4-2/h3-4,6-7,12-13,15-17,19-24,29-30,36,41,46-48,54-56H,1-2,5,8-11,14,18,25-28,31-33H2. The van der Waals surface area contributed by atoms with Gasteiger partial charge < -0.3 is 34.4 Å². The van der Waals surface area contributed by atoms with Crippen LogP contribution in [-0.2, 0) is 27.5 Å². The molecule has 1 amide bonds. The molecule has 13 heteroatoms. The molecule has 1 heterocycles. The maximum Gasteiger partial charge on any atom is 0.410 e. The minimum atomic E-state index is -1.54. The predicted molar refractivity (Wildman–Crippen MR) is 240 cm³/mol. The molecule has 0 radical (unpaired) electrons. The minimum Gasteiger partial charge on any atom is -0.508 e. The van der Waals surface area contributed by atoms with Gasteiger partial charge in [0.05, 0.1) is 36.3 Å². The van der Waals surface area contributed by atoms with Crippen molar-refractivity contribution in [3.05, 3.63) is 149 Å². The van der Waals surface area contributed by atoms with Crippen LogP contribution in [0.25, 0.3) is 10.8 Å². The summed E-state index contributed by atoms with van der Waals surface area (Å²) in [6, 6.07) is 24.3. The van der Waals surface area contributed by atoms with Crippen LogP contribution in [0.5, 0.6) is 11.5 Å². The van der Waals surface area contributed by atoms with E-state index in [0.717, 1.165) is 53.2 Å².